The molecule has 2 aliphatic heterocycles. The van der Waals surface area contributed by atoms with Gasteiger partial charge in [0.1, 0.15) is 5.75 Å². The summed E-state index contributed by atoms with van der Waals surface area (Å²) in [6.07, 6.45) is 2.52. The number of nitrogens with one attached hydrogen (secondary N) is 1. The van der Waals surface area contributed by atoms with Crippen molar-refractivity contribution in [2.24, 2.45) is 5.92 Å². The molecule has 2 aliphatic rings. The van der Waals surface area contributed by atoms with Crippen LogP contribution in [-0.4, -0.2) is 70.5 Å². The van der Waals surface area contributed by atoms with Crippen LogP contribution in [0.25, 0.3) is 0 Å². The van der Waals surface area contributed by atoms with Crippen molar-refractivity contribution in [1.29, 1.82) is 0 Å². The van der Waals surface area contributed by atoms with Crippen LogP contribution in [0.2, 0.25) is 0 Å². The number of methoxy groups -OCH3 is 1. The third-order valence-electron chi connectivity index (χ3n) is 4.94. The number of piperidine rings is 1. The minimum absolute atomic E-state index is 0. The summed E-state index contributed by atoms with van der Waals surface area (Å²) in [5, 5.41) is 3.45. The van der Waals surface area contributed by atoms with Crippen molar-refractivity contribution in [3.8, 4) is 5.75 Å². The highest BCUT2D eigenvalue weighted by atomic mass is 35.5. The number of ether oxygens (including phenoxy) is 1. The van der Waals surface area contributed by atoms with Crippen LogP contribution >= 0.6 is 12.4 Å². The molecule has 2 saturated heterocycles. The molecular formula is C17H28ClN3O3S. The summed E-state index contributed by atoms with van der Waals surface area (Å²) in [4.78, 5) is 2.74. The molecule has 8 heteroatoms. The van der Waals surface area contributed by atoms with Crippen molar-refractivity contribution in [3.05, 3.63) is 24.3 Å². The summed E-state index contributed by atoms with van der Waals surface area (Å²) in [7, 11) is -1.83. The van der Waals surface area contributed by atoms with Gasteiger partial charge in [0.25, 0.3) is 0 Å². The van der Waals surface area contributed by atoms with Crippen molar-refractivity contribution in [3.63, 3.8) is 0 Å². The van der Waals surface area contributed by atoms with Crippen molar-refractivity contribution >= 4 is 22.4 Å². The SMILES string of the molecule is COc1ccc(S(=O)(=O)N2CCN(CC3CCCNC3)CC2)cc1.Cl. The normalized spacial score (nSPS) is 23.0. The van der Waals surface area contributed by atoms with Gasteiger partial charge in [-0.15, -0.1) is 12.4 Å². The molecule has 1 unspecified atom stereocenters. The maximum Gasteiger partial charge on any atom is 0.243 e. The zero-order chi connectivity index (χ0) is 17.0. The Morgan fingerprint density at radius 2 is 1.84 bits per heavy atom. The standard InChI is InChI=1S/C17H27N3O3S.ClH/c1-23-16-4-6-17(7-5-16)24(21,22)20-11-9-19(10-12-20)14-15-3-2-8-18-13-15;/h4-7,15,18H,2-3,8-14H2,1H3;1H. The maximum absolute atomic E-state index is 12.7. The van der Waals surface area contributed by atoms with Gasteiger partial charge in [-0.25, -0.2) is 8.42 Å². The monoisotopic (exact) mass is 389 g/mol. The third kappa shape index (κ3) is 5.08. The fourth-order valence-electron chi connectivity index (χ4n) is 3.49. The lowest BCUT2D eigenvalue weighted by Gasteiger charge is -2.36. The molecule has 0 aliphatic carbocycles. The van der Waals surface area contributed by atoms with E-state index in [0.29, 0.717) is 29.7 Å². The Kier molecular flexibility index (Phi) is 7.51. The molecule has 1 aromatic carbocycles. The third-order valence-corrected chi connectivity index (χ3v) is 6.86. The van der Waals surface area contributed by atoms with Gasteiger partial charge in [-0.1, -0.05) is 0 Å². The number of nitrogens with zero attached hydrogens (tertiary/aromatic N) is 2. The number of hydrogen-bond acceptors (Lipinski definition) is 5. The molecule has 6 nitrogen and oxygen atoms in total. The van der Waals surface area contributed by atoms with Gasteiger partial charge < -0.3 is 15.0 Å². The first-order valence-corrected chi connectivity index (χ1v) is 10.1. The fraction of sp³-hybridized carbons (Fsp3) is 0.647. The topological polar surface area (TPSA) is 61.9 Å². The first kappa shape index (κ1) is 20.5. The summed E-state index contributed by atoms with van der Waals surface area (Å²) >= 11 is 0. The lowest BCUT2D eigenvalue weighted by Crippen LogP contribution is -2.50. The van der Waals surface area contributed by atoms with Crippen LogP contribution in [0.15, 0.2) is 29.2 Å². The second-order valence-corrected chi connectivity index (χ2v) is 8.53. The molecule has 0 bridgehead atoms. The Bertz CT molecular complexity index is 625. The highest BCUT2D eigenvalue weighted by Gasteiger charge is 2.29. The molecule has 25 heavy (non-hydrogen) atoms. The molecule has 142 valence electrons. The zero-order valence-corrected chi connectivity index (χ0v) is 16.3. The molecule has 0 spiro atoms. The maximum atomic E-state index is 12.7. The number of rotatable bonds is 5. The van der Waals surface area contributed by atoms with Gasteiger partial charge in [-0.05, 0) is 56.1 Å². The molecule has 0 aromatic heterocycles. The molecule has 2 fully saturated rings. The van der Waals surface area contributed by atoms with E-state index in [9.17, 15) is 8.42 Å². The molecule has 1 atom stereocenters. The van der Waals surface area contributed by atoms with E-state index in [1.807, 2.05) is 0 Å². The first-order chi connectivity index (χ1) is 11.6. The van der Waals surface area contributed by atoms with Gasteiger partial charge in [-0.2, -0.15) is 4.31 Å². The summed E-state index contributed by atoms with van der Waals surface area (Å²) in [5.74, 6) is 1.36. The predicted molar refractivity (Wildman–Crippen MR) is 101 cm³/mol. The van der Waals surface area contributed by atoms with E-state index in [-0.39, 0.29) is 12.4 Å². The molecule has 1 N–H and O–H groups in total. The van der Waals surface area contributed by atoms with E-state index in [0.717, 1.165) is 32.7 Å². The average molecular weight is 390 g/mol. The first-order valence-electron chi connectivity index (χ1n) is 8.67. The summed E-state index contributed by atoms with van der Waals surface area (Å²) < 4.78 is 32.2. The molecule has 0 amide bonds. The van der Waals surface area contributed by atoms with Crippen molar-refractivity contribution in [1.82, 2.24) is 14.5 Å². The van der Waals surface area contributed by atoms with Crippen LogP contribution in [0, 0.1) is 5.92 Å². The smallest absolute Gasteiger partial charge is 0.243 e. The Morgan fingerprint density at radius 3 is 2.40 bits per heavy atom. The van der Waals surface area contributed by atoms with Crippen molar-refractivity contribution in [2.45, 2.75) is 17.7 Å². The zero-order valence-electron chi connectivity index (χ0n) is 14.7. The number of halogens is 1. The van der Waals surface area contributed by atoms with Gasteiger partial charge in [0, 0.05) is 32.7 Å². The van der Waals surface area contributed by atoms with Crippen LogP contribution in [0.1, 0.15) is 12.8 Å². The van der Waals surface area contributed by atoms with E-state index in [2.05, 4.69) is 10.2 Å². The summed E-state index contributed by atoms with van der Waals surface area (Å²) in [6.45, 7) is 6.04. The second kappa shape index (κ2) is 9.19. The Labute approximate surface area is 157 Å². The average Bonchev–Trinajstić information content (AvgIpc) is 2.63. The highest BCUT2D eigenvalue weighted by Crippen LogP contribution is 2.21. The van der Waals surface area contributed by atoms with E-state index < -0.39 is 10.0 Å². The van der Waals surface area contributed by atoms with Crippen molar-refractivity contribution in [2.75, 3.05) is 52.9 Å². The van der Waals surface area contributed by atoms with Crippen LogP contribution in [0.4, 0.5) is 0 Å². The van der Waals surface area contributed by atoms with Gasteiger partial charge in [0.2, 0.25) is 10.0 Å². The molecule has 2 heterocycles. The van der Waals surface area contributed by atoms with Crippen LogP contribution in [-0.2, 0) is 10.0 Å². The number of benzene rings is 1. The number of sulfonamides is 1. The predicted octanol–water partition coefficient (Wildman–Crippen LogP) is 1.42. The lowest BCUT2D eigenvalue weighted by molar-refractivity contribution is 0.154. The van der Waals surface area contributed by atoms with Gasteiger partial charge in [-0.3, -0.25) is 0 Å². The van der Waals surface area contributed by atoms with Crippen LogP contribution in [0.3, 0.4) is 0 Å². The minimum atomic E-state index is -3.40. The number of hydrogen-bond donors (Lipinski definition) is 1. The second-order valence-electron chi connectivity index (χ2n) is 6.59. The minimum Gasteiger partial charge on any atom is -0.497 e. The van der Waals surface area contributed by atoms with E-state index in [1.165, 1.54) is 12.8 Å². The molecular weight excluding hydrogens is 362 g/mol. The molecule has 1 aromatic rings. The number of piperazine rings is 1. The van der Waals surface area contributed by atoms with E-state index in [1.54, 1.807) is 35.7 Å². The molecule has 0 saturated carbocycles. The van der Waals surface area contributed by atoms with Gasteiger partial charge in [0.15, 0.2) is 0 Å². The summed E-state index contributed by atoms with van der Waals surface area (Å²) in [6, 6.07) is 6.63. The molecule has 0 radical (unpaired) electrons. The quantitative estimate of drug-likeness (QED) is 0.825. The summed E-state index contributed by atoms with van der Waals surface area (Å²) in [5.41, 5.74) is 0. The van der Waals surface area contributed by atoms with E-state index >= 15 is 0 Å². The van der Waals surface area contributed by atoms with Crippen LogP contribution < -0.4 is 10.1 Å². The Hall–Kier alpha value is -0.860. The van der Waals surface area contributed by atoms with E-state index in [4.69, 9.17) is 4.74 Å². The van der Waals surface area contributed by atoms with Gasteiger partial charge >= 0.3 is 0 Å². The van der Waals surface area contributed by atoms with Gasteiger partial charge in [0.05, 0.1) is 12.0 Å². The Balaban J connectivity index is 0.00000225. The molecule has 3 rings (SSSR count). The fourth-order valence-corrected chi connectivity index (χ4v) is 4.92. The lowest BCUT2D eigenvalue weighted by atomic mass is 9.99. The Morgan fingerprint density at radius 1 is 1.16 bits per heavy atom. The van der Waals surface area contributed by atoms with Crippen molar-refractivity contribution < 1.29 is 13.2 Å². The highest BCUT2D eigenvalue weighted by molar-refractivity contribution is 7.89. The van der Waals surface area contributed by atoms with Crippen LogP contribution in [0.5, 0.6) is 5.75 Å². The largest absolute Gasteiger partial charge is 0.497 e.